The molecule has 0 saturated carbocycles. The standard InChI is InChI=1S/C28H42N2O5/c1-16(2)23(29-26(32)35-27(4,5)6)25(31)30-12-11-21-18(15-30)14-20-24(33-21)19-10-9-17(3)13-22(19)34-28(20,7)8/h9-10,13,16,18,20-21,23-24H,11-12,14-15H2,1-8H3,(H,29,32)/t18-,20+,21+,23-,24-/m1/s1. The molecule has 1 aromatic rings. The molecule has 0 unspecified atom stereocenters. The number of nitrogens with zero attached hydrogens (tertiary/aromatic N) is 1. The summed E-state index contributed by atoms with van der Waals surface area (Å²) in [5.41, 5.74) is 1.34. The highest BCUT2D eigenvalue weighted by molar-refractivity contribution is 5.86. The third-order valence-corrected chi connectivity index (χ3v) is 7.57. The number of likely N-dealkylation sites (tertiary alicyclic amines) is 1. The maximum Gasteiger partial charge on any atom is 0.408 e. The lowest BCUT2D eigenvalue weighted by atomic mass is 9.70. The first kappa shape index (κ1) is 25.8. The Morgan fingerprint density at radius 2 is 1.94 bits per heavy atom. The molecule has 0 aliphatic carbocycles. The Morgan fingerprint density at radius 1 is 1.23 bits per heavy atom. The number of nitrogens with one attached hydrogen (secondary N) is 1. The fourth-order valence-electron chi connectivity index (χ4n) is 5.76. The number of piperidine rings is 1. The lowest BCUT2D eigenvalue weighted by Gasteiger charge is -2.53. The zero-order valence-corrected chi connectivity index (χ0v) is 22.5. The van der Waals surface area contributed by atoms with Crippen LogP contribution >= 0.6 is 0 Å². The molecule has 3 aliphatic rings. The number of ether oxygens (including phenoxy) is 3. The number of benzene rings is 1. The van der Waals surface area contributed by atoms with Crippen LogP contribution in [0.25, 0.3) is 0 Å². The summed E-state index contributed by atoms with van der Waals surface area (Å²) < 4.78 is 18.6. The van der Waals surface area contributed by atoms with E-state index in [1.165, 1.54) is 5.56 Å². The SMILES string of the molecule is Cc1ccc2c(c1)OC(C)(C)[C@H]1C[C@@H]3CN(C(=O)[C@H](NC(=O)OC(C)(C)C)C(C)C)CC[C@@H]3O[C@H]21. The zero-order chi connectivity index (χ0) is 25.7. The highest BCUT2D eigenvalue weighted by Gasteiger charge is 2.52. The minimum Gasteiger partial charge on any atom is -0.487 e. The van der Waals surface area contributed by atoms with Crippen LogP contribution in [0.5, 0.6) is 5.75 Å². The van der Waals surface area contributed by atoms with Crippen molar-refractivity contribution in [2.75, 3.05) is 13.1 Å². The first-order valence-electron chi connectivity index (χ1n) is 13.0. The third-order valence-electron chi connectivity index (χ3n) is 7.57. The Balaban J connectivity index is 1.47. The molecule has 0 radical (unpaired) electrons. The van der Waals surface area contributed by atoms with Crippen molar-refractivity contribution >= 4 is 12.0 Å². The number of fused-ring (bicyclic) bond motifs is 4. The monoisotopic (exact) mass is 486 g/mol. The fraction of sp³-hybridized carbons (Fsp3) is 0.714. The predicted molar refractivity (Wildman–Crippen MR) is 134 cm³/mol. The first-order valence-corrected chi connectivity index (χ1v) is 13.0. The van der Waals surface area contributed by atoms with E-state index in [0.29, 0.717) is 13.1 Å². The number of rotatable bonds is 3. The molecule has 3 heterocycles. The number of hydrogen-bond acceptors (Lipinski definition) is 5. The molecule has 2 amide bonds. The van der Waals surface area contributed by atoms with Gasteiger partial charge in [0.1, 0.15) is 23.0 Å². The molecule has 194 valence electrons. The topological polar surface area (TPSA) is 77.1 Å². The summed E-state index contributed by atoms with van der Waals surface area (Å²) >= 11 is 0. The number of amides is 2. The minimum absolute atomic E-state index is 0.00935. The van der Waals surface area contributed by atoms with E-state index in [1.807, 2.05) is 39.5 Å². The van der Waals surface area contributed by atoms with E-state index < -0.39 is 17.7 Å². The fourth-order valence-corrected chi connectivity index (χ4v) is 5.76. The smallest absolute Gasteiger partial charge is 0.408 e. The van der Waals surface area contributed by atoms with Gasteiger partial charge in [-0.15, -0.1) is 0 Å². The quantitative estimate of drug-likeness (QED) is 0.650. The summed E-state index contributed by atoms with van der Waals surface area (Å²) in [5, 5.41) is 2.81. The lowest BCUT2D eigenvalue weighted by molar-refractivity contribution is -0.189. The van der Waals surface area contributed by atoms with Gasteiger partial charge in [-0.25, -0.2) is 4.79 Å². The van der Waals surface area contributed by atoms with Gasteiger partial charge in [0, 0.05) is 30.5 Å². The zero-order valence-electron chi connectivity index (χ0n) is 22.5. The van der Waals surface area contributed by atoms with Crippen LogP contribution in [-0.2, 0) is 14.3 Å². The lowest BCUT2D eigenvalue weighted by Crippen LogP contribution is -2.59. The molecule has 1 aromatic carbocycles. The molecule has 35 heavy (non-hydrogen) atoms. The Morgan fingerprint density at radius 3 is 2.60 bits per heavy atom. The summed E-state index contributed by atoms with van der Waals surface area (Å²) in [5.74, 6) is 1.26. The largest absolute Gasteiger partial charge is 0.487 e. The highest BCUT2D eigenvalue weighted by Crippen LogP contribution is 2.53. The third kappa shape index (κ3) is 5.45. The maximum atomic E-state index is 13.5. The van der Waals surface area contributed by atoms with Crippen molar-refractivity contribution in [1.82, 2.24) is 10.2 Å². The normalized spacial score (nSPS) is 28.2. The molecule has 5 atom stereocenters. The van der Waals surface area contributed by atoms with Gasteiger partial charge in [0.15, 0.2) is 0 Å². The van der Waals surface area contributed by atoms with E-state index in [9.17, 15) is 9.59 Å². The Hall–Kier alpha value is -2.28. The van der Waals surface area contributed by atoms with Gasteiger partial charge in [0.05, 0.1) is 12.2 Å². The molecule has 2 saturated heterocycles. The second-order valence-corrected chi connectivity index (χ2v) is 12.4. The molecule has 3 aliphatic heterocycles. The van der Waals surface area contributed by atoms with E-state index in [-0.39, 0.29) is 41.5 Å². The molecular weight excluding hydrogens is 444 g/mol. The summed E-state index contributed by atoms with van der Waals surface area (Å²) in [6.07, 6.45) is 1.29. The molecule has 1 N–H and O–H groups in total. The van der Waals surface area contributed by atoms with E-state index >= 15 is 0 Å². The van der Waals surface area contributed by atoms with Crippen LogP contribution in [0.4, 0.5) is 4.79 Å². The van der Waals surface area contributed by atoms with Crippen molar-refractivity contribution in [3.63, 3.8) is 0 Å². The molecule has 7 nitrogen and oxygen atoms in total. The van der Waals surface area contributed by atoms with Gasteiger partial charge in [-0.05, 0) is 71.9 Å². The molecule has 0 aromatic heterocycles. The van der Waals surface area contributed by atoms with Gasteiger partial charge in [-0.3, -0.25) is 4.79 Å². The van der Waals surface area contributed by atoms with Crippen LogP contribution in [0.2, 0.25) is 0 Å². The van der Waals surface area contributed by atoms with E-state index in [1.54, 1.807) is 0 Å². The molecule has 0 spiro atoms. The Bertz CT molecular complexity index is 967. The van der Waals surface area contributed by atoms with Gasteiger partial charge in [0.25, 0.3) is 0 Å². The minimum atomic E-state index is -0.622. The van der Waals surface area contributed by atoms with Crippen LogP contribution in [0.1, 0.15) is 78.5 Å². The van der Waals surface area contributed by atoms with Crippen LogP contribution in [0, 0.1) is 24.7 Å². The summed E-state index contributed by atoms with van der Waals surface area (Å²) in [4.78, 5) is 27.8. The van der Waals surface area contributed by atoms with Gasteiger partial charge >= 0.3 is 6.09 Å². The van der Waals surface area contributed by atoms with Crippen molar-refractivity contribution in [3.05, 3.63) is 29.3 Å². The first-order chi connectivity index (χ1) is 16.2. The number of carbonyl (C=O) groups excluding carboxylic acids is 2. The second-order valence-electron chi connectivity index (χ2n) is 12.4. The van der Waals surface area contributed by atoms with Crippen molar-refractivity contribution in [1.29, 1.82) is 0 Å². The van der Waals surface area contributed by atoms with Gasteiger partial charge in [-0.2, -0.15) is 0 Å². The number of aryl methyl sites for hydroxylation is 1. The van der Waals surface area contributed by atoms with E-state index in [2.05, 4.69) is 44.3 Å². The van der Waals surface area contributed by atoms with Crippen LogP contribution in [0.15, 0.2) is 18.2 Å². The molecule has 2 fully saturated rings. The molecule has 7 heteroatoms. The second kappa shape index (κ2) is 9.30. The Labute approximate surface area is 209 Å². The highest BCUT2D eigenvalue weighted by atomic mass is 16.6. The van der Waals surface area contributed by atoms with Crippen LogP contribution < -0.4 is 10.1 Å². The average molecular weight is 487 g/mol. The van der Waals surface area contributed by atoms with Crippen LogP contribution in [-0.4, -0.2) is 53.3 Å². The van der Waals surface area contributed by atoms with Crippen molar-refractivity contribution < 1.29 is 23.8 Å². The number of hydrogen-bond donors (Lipinski definition) is 1. The van der Waals surface area contributed by atoms with Gasteiger partial charge < -0.3 is 24.4 Å². The summed E-state index contributed by atoms with van der Waals surface area (Å²) in [6.45, 7) is 17.0. The summed E-state index contributed by atoms with van der Waals surface area (Å²) in [6, 6.07) is 5.75. The van der Waals surface area contributed by atoms with Crippen molar-refractivity contribution in [2.45, 2.75) is 97.7 Å². The van der Waals surface area contributed by atoms with Gasteiger partial charge in [-0.1, -0.05) is 26.0 Å². The average Bonchev–Trinajstić information content (AvgIpc) is 2.73. The van der Waals surface area contributed by atoms with Crippen molar-refractivity contribution in [2.24, 2.45) is 17.8 Å². The van der Waals surface area contributed by atoms with E-state index in [0.717, 1.165) is 24.2 Å². The predicted octanol–water partition coefficient (Wildman–Crippen LogP) is 5.01. The number of carbonyl (C=O) groups is 2. The van der Waals surface area contributed by atoms with E-state index in [4.69, 9.17) is 14.2 Å². The molecule has 0 bridgehead atoms. The Kier molecular flexibility index (Phi) is 6.86. The maximum absolute atomic E-state index is 13.5. The van der Waals surface area contributed by atoms with Crippen molar-refractivity contribution in [3.8, 4) is 5.75 Å². The van der Waals surface area contributed by atoms with Gasteiger partial charge in [0.2, 0.25) is 5.91 Å². The molecular formula is C28H42N2O5. The molecule has 4 rings (SSSR count). The summed E-state index contributed by atoms with van der Waals surface area (Å²) in [7, 11) is 0. The number of alkyl carbamates (subject to hydrolysis) is 1. The van der Waals surface area contributed by atoms with Crippen LogP contribution in [0.3, 0.4) is 0 Å².